The van der Waals surface area contributed by atoms with Crippen molar-refractivity contribution >= 4 is 21.6 Å². The third kappa shape index (κ3) is 2.83. The Hall–Kier alpha value is -0.540. The van der Waals surface area contributed by atoms with Gasteiger partial charge < -0.3 is 10.1 Å². The number of hydrogen-bond acceptors (Lipinski definition) is 2. The monoisotopic (exact) mass is 229 g/mol. The van der Waals surface area contributed by atoms with Crippen molar-refractivity contribution in [3.05, 3.63) is 28.7 Å². The molecule has 0 unspecified atom stereocenters. The SMILES string of the molecule is COCCNc1ccccc1Br. The summed E-state index contributed by atoms with van der Waals surface area (Å²) in [5, 5.41) is 3.24. The first kappa shape index (κ1) is 9.55. The van der Waals surface area contributed by atoms with Crippen LogP contribution in [0, 0.1) is 0 Å². The van der Waals surface area contributed by atoms with Crippen LogP contribution < -0.4 is 5.32 Å². The number of benzene rings is 1. The van der Waals surface area contributed by atoms with Crippen LogP contribution in [0.1, 0.15) is 0 Å². The molecule has 0 radical (unpaired) electrons. The highest BCUT2D eigenvalue weighted by Crippen LogP contribution is 2.20. The molecule has 1 aromatic carbocycles. The largest absolute Gasteiger partial charge is 0.383 e. The van der Waals surface area contributed by atoms with E-state index in [1.54, 1.807) is 7.11 Å². The molecule has 0 bridgehead atoms. The number of rotatable bonds is 4. The predicted molar refractivity (Wildman–Crippen MR) is 54.5 cm³/mol. The fourth-order valence-electron chi connectivity index (χ4n) is 0.892. The maximum Gasteiger partial charge on any atom is 0.0635 e. The molecule has 2 nitrogen and oxygen atoms in total. The summed E-state index contributed by atoms with van der Waals surface area (Å²) in [7, 11) is 1.70. The van der Waals surface area contributed by atoms with E-state index in [1.165, 1.54) is 0 Å². The van der Waals surface area contributed by atoms with Crippen molar-refractivity contribution in [1.29, 1.82) is 0 Å². The molecule has 0 spiro atoms. The van der Waals surface area contributed by atoms with E-state index in [9.17, 15) is 0 Å². The number of anilines is 1. The van der Waals surface area contributed by atoms with Crippen LogP contribution in [0.25, 0.3) is 0 Å². The molecule has 3 heteroatoms. The summed E-state index contributed by atoms with van der Waals surface area (Å²) < 4.78 is 6.01. The summed E-state index contributed by atoms with van der Waals surface area (Å²) in [4.78, 5) is 0. The number of ether oxygens (including phenoxy) is 1. The molecule has 0 saturated heterocycles. The molecule has 0 aliphatic rings. The van der Waals surface area contributed by atoms with Gasteiger partial charge in [-0.2, -0.15) is 0 Å². The number of methoxy groups -OCH3 is 1. The summed E-state index contributed by atoms with van der Waals surface area (Å²) >= 11 is 3.45. The lowest BCUT2D eigenvalue weighted by Gasteiger charge is -2.06. The van der Waals surface area contributed by atoms with Crippen LogP contribution >= 0.6 is 15.9 Å². The van der Waals surface area contributed by atoms with Gasteiger partial charge in [0.25, 0.3) is 0 Å². The molecule has 1 aromatic rings. The number of halogens is 1. The fraction of sp³-hybridized carbons (Fsp3) is 0.333. The molecule has 1 rings (SSSR count). The highest BCUT2D eigenvalue weighted by Gasteiger charge is 1.94. The minimum atomic E-state index is 0.724. The van der Waals surface area contributed by atoms with Gasteiger partial charge in [0.2, 0.25) is 0 Å². The lowest BCUT2D eigenvalue weighted by Crippen LogP contribution is -2.07. The van der Waals surface area contributed by atoms with Crippen LogP contribution in [0.15, 0.2) is 28.7 Å². The van der Waals surface area contributed by atoms with Gasteiger partial charge in [0.05, 0.1) is 6.61 Å². The zero-order chi connectivity index (χ0) is 8.81. The van der Waals surface area contributed by atoms with Crippen molar-refractivity contribution in [1.82, 2.24) is 0 Å². The second-order valence-corrected chi connectivity index (χ2v) is 3.25. The topological polar surface area (TPSA) is 21.3 Å². The number of para-hydroxylation sites is 1. The van der Waals surface area contributed by atoms with E-state index < -0.39 is 0 Å². The van der Waals surface area contributed by atoms with Gasteiger partial charge in [-0.15, -0.1) is 0 Å². The van der Waals surface area contributed by atoms with E-state index >= 15 is 0 Å². The Kier molecular flexibility index (Phi) is 4.11. The van der Waals surface area contributed by atoms with Gasteiger partial charge in [0.1, 0.15) is 0 Å². The molecular weight excluding hydrogens is 218 g/mol. The van der Waals surface area contributed by atoms with Gasteiger partial charge in [-0.25, -0.2) is 0 Å². The second-order valence-electron chi connectivity index (χ2n) is 2.40. The van der Waals surface area contributed by atoms with Crippen LogP contribution in [0.2, 0.25) is 0 Å². The maximum atomic E-state index is 4.93. The molecule has 0 amide bonds. The molecule has 0 fully saturated rings. The molecule has 0 aromatic heterocycles. The Labute approximate surface area is 81.1 Å². The van der Waals surface area contributed by atoms with Gasteiger partial charge in [0.15, 0.2) is 0 Å². The van der Waals surface area contributed by atoms with E-state index in [1.807, 2.05) is 24.3 Å². The van der Waals surface area contributed by atoms with Crippen LogP contribution in [-0.4, -0.2) is 20.3 Å². The van der Waals surface area contributed by atoms with E-state index in [0.717, 1.165) is 23.3 Å². The maximum absolute atomic E-state index is 4.93. The van der Waals surface area contributed by atoms with Crippen LogP contribution in [0.5, 0.6) is 0 Å². The van der Waals surface area contributed by atoms with Crippen LogP contribution in [0.3, 0.4) is 0 Å². The molecule has 66 valence electrons. The number of hydrogen-bond donors (Lipinski definition) is 1. The van der Waals surface area contributed by atoms with Gasteiger partial charge in [-0.3, -0.25) is 0 Å². The highest BCUT2D eigenvalue weighted by molar-refractivity contribution is 9.10. The van der Waals surface area contributed by atoms with E-state index in [0.29, 0.717) is 0 Å². The second kappa shape index (κ2) is 5.17. The molecule has 0 aliphatic carbocycles. The van der Waals surface area contributed by atoms with Crippen molar-refractivity contribution in [3.8, 4) is 0 Å². The first-order valence-corrected chi connectivity index (χ1v) is 4.61. The average molecular weight is 230 g/mol. The average Bonchev–Trinajstić information content (AvgIpc) is 2.09. The van der Waals surface area contributed by atoms with Crippen molar-refractivity contribution in [2.75, 3.05) is 25.6 Å². The Morgan fingerprint density at radius 1 is 1.42 bits per heavy atom. The molecule has 12 heavy (non-hydrogen) atoms. The van der Waals surface area contributed by atoms with E-state index in [2.05, 4.69) is 21.2 Å². The first-order chi connectivity index (χ1) is 5.84. The summed E-state index contributed by atoms with van der Waals surface area (Å²) in [6, 6.07) is 8.03. The minimum absolute atomic E-state index is 0.724. The molecular formula is C9H12BrNO. The van der Waals surface area contributed by atoms with Gasteiger partial charge in [0, 0.05) is 23.8 Å². The van der Waals surface area contributed by atoms with Crippen LogP contribution in [0.4, 0.5) is 5.69 Å². The molecule has 0 atom stereocenters. The lowest BCUT2D eigenvalue weighted by atomic mass is 10.3. The third-order valence-corrected chi connectivity index (χ3v) is 2.19. The zero-order valence-electron chi connectivity index (χ0n) is 7.01. The summed E-state index contributed by atoms with van der Waals surface area (Å²) in [6.45, 7) is 1.56. The fourth-order valence-corrected chi connectivity index (χ4v) is 1.32. The third-order valence-electron chi connectivity index (χ3n) is 1.50. The highest BCUT2D eigenvalue weighted by atomic mass is 79.9. The standard InChI is InChI=1S/C9H12BrNO/c1-12-7-6-11-9-5-3-2-4-8(9)10/h2-5,11H,6-7H2,1H3. The first-order valence-electron chi connectivity index (χ1n) is 3.82. The van der Waals surface area contributed by atoms with Gasteiger partial charge in [-0.1, -0.05) is 12.1 Å². The zero-order valence-corrected chi connectivity index (χ0v) is 8.60. The smallest absolute Gasteiger partial charge is 0.0635 e. The summed E-state index contributed by atoms with van der Waals surface area (Å²) in [5.74, 6) is 0. The minimum Gasteiger partial charge on any atom is -0.383 e. The molecule has 0 saturated carbocycles. The van der Waals surface area contributed by atoms with Crippen LogP contribution in [-0.2, 0) is 4.74 Å². The Bertz CT molecular complexity index is 240. The Balaban J connectivity index is 2.46. The van der Waals surface area contributed by atoms with Crippen molar-refractivity contribution in [2.45, 2.75) is 0 Å². The van der Waals surface area contributed by atoms with E-state index in [-0.39, 0.29) is 0 Å². The predicted octanol–water partition coefficient (Wildman–Crippen LogP) is 2.51. The quantitative estimate of drug-likeness (QED) is 0.802. The van der Waals surface area contributed by atoms with Crippen molar-refractivity contribution in [2.24, 2.45) is 0 Å². The molecule has 1 N–H and O–H groups in total. The van der Waals surface area contributed by atoms with Crippen molar-refractivity contribution < 1.29 is 4.74 Å². The normalized spacial score (nSPS) is 9.83. The van der Waals surface area contributed by atoms with Gasteiger partial charge >= 0.3 is 0 Å². The number of nitrogens with one attached hydrogen (secondary N) is 1. The molecule has 0 aliphatic heterocycles. The van der Waals surface area contributed by atoms with Crippen molar-refractivity contribution in [3.63, 3.8) is 0 Å². The summed E-state index contributed by atoms with van der Waals surface area (Å²) in [6.07, 6.45) is 0. The lowest BCUT2D eigenvalue weighted by molar-refractivity contribution is 0.211. The van der Waals surface area contributed by atoms with Gasteiger partial charge in [-0.05, 0) is 28.1 Å². The Morgan fingerprint density at radius 3 is 2.83 bits per heavy atom. The molecule has 0 heterocycles. The summed E-state index contributed by atoms with van der Waals surface area (Å²) in [5.41, 5.74) is 1.11. The Morgan fingerprint density at radius 2 is 2.17 bits per heavy atom. The van der Waals surface area contributed by atoms with E-state index in [4.69, 9.17) is 4.74 Å².